The summed E-state index contributed by atoms with van der Waals surface area (Å²) >= 11 is 0. The monoisotopic (exact) mass is 343 g/mol. The van der Waals surface area contributed by atoms with Crippen LogP contribution in [0.5, 0.6) is 0 Å². The van der Waals surface area contributed by atoms with Gasteiger partial charge in [0.2, 0.25) is 5.91 Å². The molecule has 0 saturated carbocycles. The molecule has 0 atom stereocenters. The lowest BCUT2D eigenvalue weighted by Crippen LogP contribution is -2.43. The van der Waals surface area contributed by atoms with Gasteiger partial charge in [0.25, 0.3) is 0 Å². The quantitative estimate of drug-likeness (QED) is 0.549. The number of nitrogens with zero attached hydrogens (tertiary/aromatic N) is 1. The van der Waals surface area contributed by atoms with E-state index in [1.807, 2.05) is 0 Å². The van der Waals surface area contributed by atoms with Gasteiger partial charge >= 0.3 is 19.9 Å². The van der Waals surface area contributed by atoms with Crippen LogP contribution in [0.4, 0.5) is 26.3 Å². The number of halogens is 6. The minimum Gasteiger partial charge on any atom is -0.342 e. The van der Waals surface area contributed by atoms with E-state index in [4.69, 9.17) is 0 Å². The standard InChI is InChI=1S/C9H12F6NO4P/c10-8(11,12)5-19-21(18,20-6-9(13,14)15)4-7(17)16-2-1-3-16/h1-6H2. The summed E-state index contributed by atoms with van der Waals surface area (Å²) in [5.41, 5.74) is 0. The molecular formula is C9H12F6NO4P. The average molecular weight is 343 g/mol. The second-order valence-corrected chi connectivity index (χ2v) is 6.34. The van der Waals surface area contributed by atoms with Crippen LogP contribution in [0.3, 0.4) is 0 Å². The molecule has 124 valence electrons. The van der Waals surface area contributed by atoms with E-state index < -0.39 is 45.2 Å². The molecule has 1 aliphatic heterocycles. The zero-order valence-electron chi connectivity index (χ0n) is 10.5. The van der Waals surface area contributed by atoms with Gasteiger partial charge in [0, 0.05) is 13.1 Å². The molecule has 5 nitrogen and oxygen atoms in total. The number of hydrogen-bond acceptors (Lipinski definition) is 4. The fourth-order valence-electron chi connectivity index (χ4n) is 1.30. The number of amides is 1. The molecule has 0 N–H and O–H groups in total. The summed E-state index contributed by atoms with van der Waals surface area (Å²) in [6.07, 6.45) is -10.3. The van der Waals surface area contributed by atoms with Crippen molar-refractivity contribution in [3.05, 3.63) is 0 Å². The van der Waals surface area contributed by atoms with Gasteiger partial charge in [0.1, 0.15) is 6.16 Å². The van der Waals surface area contributed by atoms with Gasteiger partial charge in [-0.3, -0.25) is 18.4 Å². The lowest BCUT2D eigenvalue weighted by Gasteiger charge is -2.32. The first-order chi connectivity index (χ1) is 9.40. The molecule has 1 amide bonds. The third-order valence-corrected chi connectivity index (χ3v) is 4.09. The third kappa shape index (κ3) is 7.14. The van der Waals surface area contributed by atoms with Gasteiger partial charge in [-0.15, -0.1) is 0 Å². The number of hydrogen-bond donors (Lipinski definition) is 0. The molecule has 0 aromatic carbocycles. The van der Waals surface area contributed by atoms with Crippen molar-refractivity contribution in [3.8, 4) is 0 Å². The Kier molecular flexibility index (Phi) is 5.68. The fraction of sp³-hybridized carbons (Fsp3) is 0.889. The predicted octanol–water partition coefficient (Wildman–Crippen LogP) is 2.57. The first kappa shape index (κ1) is 18.2. The highest BCUT2D eigenvalue weighted by Crippen LogP contribution is 2.50. The molecule has 0 radical (unpaired) electrons. The van der Waals surface area contributed by atoms with Crippen LogP contribution in [-0.2, 0) is 18.4 Å². The van der Waals surface area contributed by atoms with Crippen LogP contribution >= 0.6 is 7.60 Å². The summed E-state index contributed by atoms with van der Waals surface area (Å²) in [6, 6.07) is 0. The number of rotatable bonds is 6. The second-order valence-electron chi connectivity index (χ2n) is 4.28. The number of alkyl halides is 6. The maximum absolute atomic E-state index is 12.0. The van der Waals surface area contributed by atoms with Crippen LogP contribution in [0.2, 0.25) is 0 Å². The third-order valence-electron chi connectivity index (χ3n) is 2.39. The van der Waals surface area contributed by atoms with Gasteiger partial charge in [-0.2, -0.15) is 26.3 Å². The summed E-state index contributed by atoms with van der Waals surface area (Å²) in [4.78, 5) is 12.7. The summed E-state index contributed by atoms with van der Waals surface area (Å²) in [7, 11) is -4.83. The van der Waals surface area contributed by atoms with Crippen molar-refractivity contribution in [3.63, 3.8) is 0 Å². The Hall–Kier alpha value is -0.800. The smallest absolute Gasteiger partial charge is 0.342 e. The first-order valence-electron chi connectivity index (χ1n) is 5.70. The Labute approximate surface area is 115 Å². The Morgan fingerprint density at radius 2 is 1.43 bits per heavy atom. The highest BCUT2D eigenvalue weighted by atomic mass is 31.2. The Balaban J connectivity index is 2.67. The van der Waals surface area contributed by atoms with E-state index in [0.29, 0.717) is 19.5 Å². The van der Waals surface area contributed by atoms with Gasteiger partial charge in [-0.05, 0) is 6.42 Å². The van der Waals surface area contributed by atoms with E-state index >= 15 is 0 Å². The van der Waals surface area contributed by atoms with Gasteiger partial charge in [-0.25, -0.2) is 0 Å². The van der Waals surface area contributed by atoms with Crippen LogP contribution in [0, 0.1) is 0 Å². The molecule has 0 aromatic heterocycles. The van der Waals surface area contributed by atoms with Crippen molar-refractivity contribution in [2.75, 3.05) is 32.5 Å². The fourth-order valence-corrected chi connectivity index (χ4v) is 2.78. The van der Waals surface area contributed by atoms with Gasteiger partial charge < -0.3 is 4.90 Å². The van der Waals surface area contributed by atoms with E-state index in [0.717, 1.165) is 4.90 Å². The van der Waals surface area contributed by atoms with Crippen molar-refractivity contribution in [1.29, 1.82) is 0 Å². The maximum Gasteiger partial charge on any atom is 0.412 e. The molecule has 1 heterocycles. The molecule has 1 fully saturated rings. The van der Waals surface area contributed by atoms with Crippen molar-refractivity contribution in [2.45, 2.75) is 18.8 Å². The zero-order valence-corrected chi connectivity index (χ0v) is 11.4. The Morgan fingerprint density at radius 1 is 1.00 bits per heavy atom. The van der Waals surface area contributed by atoms with E-state index in [-0.39, 0.29) is 0 Å². The molecule has 12 heteroatoms. The van der Waals surface area contributed by atoms with Gasteiger partial charge in [0.05, 0.1) is 0 Å². The van der Waals surface area contributed by atoms with E-state index in [1.165, 1.54) is 0 Å². The molecular weight excluding hydrogens is 331 g/mol. The average Bonchev–Trinajstić information content (AvgIpc) is 2.19. The van der Waals surface area contributed by atoms with Crippen LogP contribution < -0.4 is 0 Å². The molecule has 0 unspecified atom stereocenters. The van der Waals surface area contributed by atoms with Crippen LogP contribution in [0.25, 0.3) is 0 Å². The Morgan fingerprint density at radius 3 is 1.71 bits per heavy atom. The lowest BCUT2D eigenvalue weighted by molar-refractivity contribution is -0.166. The topological polar surface area (TPSA) is 55.8 Å². The molecule has 1 saturated heterocycles. The highest BCUT2D eigenvalue weighted by molar-refractivity contribution is 7.54. The molecule has 0 spiro atoms. The number of carbonyl (C=O) groups is 1. The largest absolute Gasteiger partial charge is 0.412 e. The highest BCUT2D eigenvalue weighted by Gasteiger charge is 2.40. The SMILES string of the molecule is O=C(CP(=O)(OCC(F)(F)F)OCC(F)(F)F)N1CCC1. The van der Waals surface area contributed by atoms with Crippen molar-refractivity contribution < 1.29 is 44.7 Å². The van der Waals surface area contributed by atoms with E-state index in [1.54, 1.807) is 0 Å². The maximum atomic E-state index is 12.0. The van der Waals surface area contributed by atoms with Crippen molar-refractivity contribution >= 4 is 13.5 Å². The zero-order chi connectivity index (χ0) is 16.3. The van der Waals surface area contributed by atoms with Crippen molar-refractivity contribution in [1.82, 2.24) is 4.90 Å². The summed E-state index contributed by atoms with van der Waals surface area (Å²) < 4.78 is 91.8. The summed E-state index contributed by atoms with van der Waals surface area (Å²) in [5, 5.41) is 0. The predicted molar refractivity (Wildman–Crippen MR) is 57.7 cm³/mol. The van der Waals surface area contributed by atoms with Gasteiger partial charge in [0.15, 0.2) is 13.2 Å². The molecule has 1 aliphatic rings. The minimum atomic E-state index is -4.91. The minimum absolute atomic E-state index is 0.303. The number of likely N-dealkylation sites (tertiary alicyclic amines) is 1. The van der Waals surface area contributed by atoms with E-state index in [2.05, 4.69) is 9.05 Å². The molecule has 21 heavy (non-hydrogen) atoms. The number of carbonyl (C=O) groups excluding carboxylic acids is 1. The van der Waals surface area contributed by atoms with Crippen LogP contribution in [-0.4, -0.2) is 55.6 Å². The molecule has 0 aliphatic carbocycles. The molecule has 1 rings (SSSR count). The Bertz CT molecular complexity index is 397. The van der Waals surface area contributed by atoms with Crippen molar-refractivity contribution in [2.24, 2.45) is 0 Å². The summed E-state index contributed by atoms with van der Waals surface area (Å²) in [6.45, 7) is -3.51. The second kappa shape index (κ2) is 6.53. The normalized spacial score (nSPS) is 16.8. The van der Waals surface area contributed by atoms with Crippen LogP contribution in [0.15, 0.2) is 0 Å². The molecule has 0 aromatic rings. The lowest BCUT2D eigenvalue weighted by atomic mass is 10.2. The van der Waals surface area contributed by atoms with Gasteiger partial charge in [-0.1, -0.05) is 0 Å². The van der Waals surface area contributed by atoms with Crippen LogP contribution in [0.1, 0.15) is 6.42 Å². The summed E-state index contributed by atoms with van der Waals surface area (Å²) in [5.74, 6) is -0.867. The first-order valence-corrected chi connectivity index (χ1v) is 7.42. The van der Waals surface area contributed by atoms with E-state index in [9.17, 15) is 35.7 Å². The molecule has 0 bridgehead atoms.